The third kappa shape index (κ3) is 4.51. The molecule has 1 amide bonds. The monoisotopic (exact) mass is 354 g/mol. The van der Waals surface area contributed by atoms with E-state index in [4.69, 9.17) is 14.7 Å². The maximum atomic E-state index is 12.2. The van der Waals surface area contributed by atoms with E-state index in [0.717, 1.165) is 5.56 Å². The largest absolute Gasteiger partial charge is 0.493 e. The van der Waals surface area contributed by atoms with Crippen LogP contribution in [0.5, 0.6) is 11.5 Å². The second-order valence-corrected chi connectivity index (χ2v) is 5.34. The molecule has 2 aromatic carbocycles. The van der Waals surface area contributed by atoms with Crippen molar-refractivity contribution in [2.75, 3.05) is 26.1 Å². The van der Waals surface area contributed by atoms with Crippen molar-refractivity contribution >= 4 is 17.6 Å². The van der Waals surface area contributed by atoms with Crippen LogP contribution in [0.1, 0.15) is 21.5 Å². The van der Waals surface area contributed by atoms with Gasteiger partial charge in [-0.1, -0.05) is 6.07 Å². The molecule has 26 heavy (non-hydrogen) atoms. The minimum atomic E-state index is -0.487. The number of esters is 1. The Morgan fingerprint density at radius 3 is 2.54 bits per heavy atom. The fourth-order valence-electron chi connectivity index (χ4n) is 2.19. The molecule has 0 radical (unpaired) electrons. The van der Waals surface area contributed by atoms with Crippen LogP contribution in [0.4, 0.5) is 5.69 Å². The molecular weight excluding hydrogens is 336 g/mol. The first-order valence-corrected chi connectivity index (χ1v) is 7.68. The zero-order valence-corrected chi connectivity index (χ0v) is 14.7. The minimum absolute atomic E-state index is 0.260. The quantitative estimate of drug-likeness (QED) is 0.801. The number of aryl methyl sites for hydroxylation is 1. The standard InChI is InChI=1S/C19H18N2O5/c1-12-4-6-14(19(23)25-3)9-15(12)21-18(22)11-26-16-7-5-13(10-20)8-17(16)24-2/h4-9H,11H2,1-3H3,(H,21,22). The molecule has 0 atom stereocenters. The molecule has 0 saturated carbocycles. The fraction of sp³-hybridized carbons (Fsp3) is 0.211. The summed E-state index contributed by atoms with van der Waals surface area (Å²) in [4.78, 5) is 23.8. The van der Waals surface area contributed by atoms with Gasteiger partial charge in [0.25, 0.3) is 5.91 Å². The zero-order valence-electron chi connectivity index (χ0n) is 14.7. The van der Waals surface area contributed by atoms with E-state index in [2.05, 4.69) is 10.1 Å². The number of nitrogens with zero attached hydrogens (tertiary/aromatic N) is 1. The van der Waals surface area contributed by atoms with E-state index in [0.29, 0.717) is 28.3 Å². The fourth-order valence-corrected chi connectivity index (χ4v) is 2.19. The SMILES string of the molecule is COC(=O)c1ccc(C)c(NC(=O)COc2ccc(C#N)cc2OC)c1. The average Bonchev–Trinajstić information content (AvgIpc) is 2.67. The lowest BCUT2D eigenvalue weighted by Crippen LogP contribution is -2.21. The zero-order chi connectivity index (χ0) is 19.1. The molecule has 0 saturated heterocycles. The molecule has 0 spiro atoms. The number of benzene rings is 2. The lowest BCUT2D eigenvalue weighted by molar-refractivity contribution is -0.118. The summed E-state index contributed by atoms with van der Waals surface area (Å²) >= 11 is 0. The molecule has 7 nitrogen and oxygen atoms in total. The Morgan fingerprint density at radius 2 is 1.88 bits per heavy atom. The molecule has 134 valence electrons. The summed E-state index contributed by atoms with van der Waals surface area (Å²) in [6.07, 6.45) is 0. The number of rotatable bonds is 6. The van der Waals surface area contributed by atoms with Crippen LogP contribution in [0.25, 0.3) is 0 Å². The summed E-state index contributed by atoms with van der Waals surface area (Å²) in [6, 6.07) is 11.5. The summed E-state index contributed by atoms with van der Waals surface area (Å²) in [5, 5.41) is 11.6. The Hall–Kier alpha value is -3.53. The third-order valence-electron chi connectivity index (χ3n) is 3.58. The molecule has 1 N–H and O–H groups in total. The normalized spacial score (nSPS) is 9.77. The summed E-state index contributed by atoms with van der Waals surface area (Å²) in [5.74, 6) is -0.178. The summed E-state index contributed by atoms with van der Waals surface area (Å²) < 4.78 is 15.3. The van der Waals surface area contributed by atoms with Gasteiger partial charge in [-0.2, -0.15) is 5.26 Å². The van der Waals surface area contributed by atoms with Crippen LogP contribution in [0, 0.1) is 18.3 Å². The van der Waals surface area contributed by atoms with Gasteiger partial charge in [-0.15, -0.1) is 0 Å². The molecule has 0 aliphatic heterocycles. The van der Waals surface area contributed by atoms with Crippen LogP contribution < -0.4 is 14.8 Å². The Bertz CT molecular complexity index is 871. The van der Waals surface area contributed by atoms with Crippen LogP contribution in [-0.4, -0.2) is 32.7 Å². The van der Waals surface area contributed by atoms with Crippen molar-refractivity contribution in [3.63, 3.8) is 0 Å². The highest BCUT2D eigenvalue weighted by Gasteiger charge is 2.12. The van der Waals surface area contributed by atoms with Gasteiger partial charge in [-0.05, 0) is 36.8 Å². The first-order chi connectivity index (χ1) is 12.5. The number of hydrogen-bond donors (Lipinski definition) is 1. The molecule has 2 rings (SSSR count). The summed E-state index contributed by atoms with van der Waals surface area (Å²) in [7, 11) is 2.74. The molecule has 2 aromatic rings. The molecule has 0 heterocycles. The molecule has 0 unspecified atom stereocenters. The Balaban J connectivity index is 2.06. The number of hydrogen-bond acceptors (Lipinski definition) is 6. The molecule has 7 heteroatoms. The van der Waals surface area contributed by atoms with Crippen LogP contribution in [0.3, 0.4) is 0 Å². The van der Waals surface area contributed by atoms with Crippen LogP contribution in [0.15, 0.2) is 36.4 Å². The molecule has 0 aromatic heterocycles. The average molecular weight is 354 g/mol. The summed E-state index contributed by atoms with van der Waals surface area (Å²) in [6.45, 7) is 1.55. The van der Waals surface area contributed by atoms with Crippen molar-refractivity contribution in [2.24, 2.45) is 0 Å². The van der Waals surface area contributed by atoms with Gasteiger partial charge in [0, 0.05) is 11.8 Å². The lowest BCUT2D eigenvalue weighted by Gasteiger charge is -2.12. The molecule has 0 aliphatic carbocycles. The maximum absolute atomic E-state index is 12.2. The predicted octanol–water partition coefficient (Wildman–Crippen LogP) is 2.68. The number of amides is 1. The lowest BCUT2D eigenvalue weighted by atomic mass is 10.1. The number of nitrogens with one attached hydrogen (secondary N) is 1. The molecular formula is C19H18N2O5. The second-order valence-electron chi connectivity index (χ2n) is 5.34. The first-order valence-electron chi connectivity index (χ1n) is 7.68. The van der Waals surface area contributed by atoms with Gasteiger partial charge >= 0.3 is 5.97 Å². The van der Waals surface area contributed by atoms with Crippen molar-refractivity contribution in [3.05, 3.63) is 53.1 Å². The Kier molecular flexibility index (Phi) is 6.17. The molecule has 0 aliphatic rings. The number of ether oxygens (including phenoxy) is 3. The second kappa shape index (κ2) is 8.53. The number of methoxy groups -OCH3 is 2. The van der Waals surface area contributed by atoms with E-state index >= 15 is 0 Å². The van der Waals surface area contributed by atoms with E-state index in [1.165, 1.54) is 20.3 Å². The van der Waals surface area contributed by atoms with Crippen molar-refractivity contribution in [1.29, 1.82) is 5.26 Å². The highest BCUT2D eigenvalue weighted by molar-refractivity contribution is 5.95. The Morgan fingerprint density at radius 1 is 1.12 bits per heavy atom. The van der Waals surface area contributed by atoms with Crippen molar-refractivity contribution in [1.82, 2.24) is 0 Å². The van der Waals surface area contributed by atoms with E-state index in [1.54, 1.807) is 37.3 Å². The molecule has 0 fully saturated rings. The van der Waals surface area contributed by atoms with Crippen LogP contribution in [-0.2, 0) is 9.53 Å². The first kappa shape index (κ1) is 18.8. The number of carbonyl (C=O) groups is 2. The highest BCUT2D eigenvalue weighted by atomic mass is 16.5. The van der Waals surface area contributed by atoms with Gasteiger partial charge in [-0.25, -0.2) is 4.79 Å². The predicted molar refractivity (Wildman–Crippen MR) is 94.4 cm³/mol. The van der Waals surface area contributed by atoms with Gasteiger partial charge in [0.15, 0.2) is 18.1 Å². The van der Waals surface area contributed by atoms with Crippen molar-refractivity contribution in [2.45, 2.75) is 6.92 Å². The van der Waals surface area contributed by atoms with E-state index in [-0.39, 0.29) is 6.61 Å². The third-order valence-corrected chi connectivity index (χ3v) is 3.58. The van der Waals surface area contributed by atoms with Crippen LogP contribution in [0.2, 0.25) is 0 Å². The van der Waals surface area contributed by atoms with Gasteiger partial charge in [0.1, 0.15) is 0 Å². The topological polar surface area (TPSA) is 97.6 Å². The van der Waals surface area contributed by atoms with E-state index in [9.17, 15) is 9.59 Å². The highest BCUT2D eigenvalue weighted by Crippen LogP contribution is 2.27. The van der Waals surface area contributed by atoms with Gasteiger partial charge in [-0.3, -0.25) is 4.79 Å². The Labute approximate surface area is 151 Å². The van der Waals surface area contributed by atoms with Crippen molar-refractivity contribution in [3.8, 4) is 17.6 Å². The van der Waals surface area contributed by atoms with E-state index in [1.807, 2.05) is 6.07 Å². The van der Waals surface area contributed by atoms with Crippen molar-refractivity contribution < 1.29 is 23.8 Å². The van der Waals surface area contributed by atoms with Gasteiger partial charge in [0.2, 0.25) is 0 Å². The van der Waals surface area contributed by atoms with E-state index < -0.39 is 11.9 Å². The minimum Gasteiger partial charge on any atom is -0.493 e. The number of nitriles is 1. The molecule has 0 bridgehead atoms. The number of anilines is 1. The van der Waals surface area contributed by atoms with Gasteiger partial charge in [0.05, 0.1) is 31.4 Å². The maximum Gasteiger partial charge on any atom is 0.337 e. The van der Waals surface area contributed by atoms with Gasteiger partial charge < -0.3 is 19.5 Å². The van der Waals surface area contributed by atoms with Crippen LogP contribution >= 0.6 is 0 Å². The smallest absolute Gasteiger partial charge is 0.337 e. The summed E-state index contributed by atoms with van der Waals surface area (Å²) in [5.41, 5.74) is 2.05. The number of carbonyl (C=O) groups excluding carboxylic acids is 2.